The number of carbonyl (C=O) groups is 1. The molecule has 0 aliphatic carbocycles. The van der Waals surface area contributed by atoms with Gasteiger partial charge in [-0.2, -0.15) is 0 Å². The second-order valence-corrected chi connectivity index (χ2v) is 9.97. The Balaban J connectivity index is 1.79. The van der Waals surface area contributed by atoms with Crippen molar-refractivity contribution in [3.63, 3.8) is 0 Å². The van der Waals surface area contributed by atoms with Gasteiger partial charge in [-0.25, -0.2) is 18.4 Å². The molecule has 0 fully saturated rings. The third-order valence-corrected chi connectivity index (χ3v) is 6.09. The van der Waals surface area contributed by atoms with E-state index in [1.165, 1.54) is 6.07 Å². The predicted molar refractivity (Wildman–Crippen MR) is 135 cm³/mol. The van der Waals surface area contributed by atoms with Gasteiger partial charge in [-0.15, -0.1) is 0 Å². The third-order valence-electron chi connectivity index (χ3n) is 5.12. The van der Waals surface area contributed by atoms with Crippen LogP contribution < -0.4 is 16.2 Å². The zero-order valence-electron chi connectivity index (χ0n) is 19.2. The minimum Gasteiger partial charge on any atom is -0.384 e. The molecule has 0 spiro atoms. The van der Waals surface area contributed by atoms with Crippen LogP contribution in [0.3, 0.4) is 0 Å². The summed E-state index contributed by atoms with van der Waals surface area (Å²) in [6, 6.07) is 20.4. The van der Waals surface area contributed by atoms with Crippen molar-refractivity contribution in [3.05, 3.63) is 83.9 Å². The Kier molecular flexibility index (Phi) is 7.70. The van der Waals surface area contributed by atoms with Crippen LogP contribution in [0.1, 0.15) is 25.0 Å². The van der Waals surface area contributed by atoms with E-state index in [0.29, 0.717) is 35.5 Å². The number of sulfonamides is 1. The summed E-state index contributed by atoms with van der Waals surface area (Å²) in [6.07, 6.45) is 0. The number of nitrogen functional groups attached to an aromatic ring is 1. The molecule has 0 aliphatic rings. The first-order valence-corrected chi connectivity index (χ1v) is 12.3. The van der Waals surface area contributed by atoms with Gasteiger partial charge in [0.2, 0.25) is 10.0 Å². The zero-order chi connectivity index (χ0) is 24.9. The highest BCUT2D eigenvalue weighted by Gasteiger charge is 2.17. The van der Waals surface area contributed by atoms with Crippen LogP contribution in [0.25, 0.3) is 11.1 Å². The van der Waals surface area contributed by atoms with E-state index < -0.39 is 10.0 Å². The molecular formula is C25H29N5O3S. The molecule has 3 rings (SSSR count). The van der Waals surface area contributed by atoms with Crippen LogP contribution in [-0.4, -0.2) is 31.7 Å². The van der Waals surface area contributed by atoms with Crippen LogP contribution >= 0.6 is 0 Å². The number of hydrogen-bond donors (Lipinski definition) is 4. The van der Waals surface area contributed by atoms with Crippen molar-refractivity contribution in [2.75, 3.05) is 11.9 Å². The lowest BCUT2D eigenvalue weighted by Crippen LogP contribution is -2.37. The van der Waals surface area contributed by atoms with E-state index in [2.05, 4.69) is 5.32 Å². The van der Waals surface area contributed by atoms with Crippen LogP contribution in [0.5, 0.6) is 0 Å². The van der Waals surface area contributed by atoms with Crippen LogP contribution in [0, 0.1) is 11.3 Å². The zero-order valence-corrected chi connectivity index (χ0v) is 20.0. The highest BCUT2D eigenvalue weighted by molar-refractivity contribution is 7.89. The van der Waals surface area contributed by atoms with Crippen molar-refractivity contribution in [1.29, 1.82) is 5.41 Å². The second-order valence-electron chi connectivity index (χ2n) is 8.44. The van der Waals surface area contributed by atoms with Gasteiger partial charge in [0.25, 0.3) is 0 Å². The number of urea groups is 1. The quantitative estimate of drug-likeness (QED) is 0.286. The van der Waals surface area contributed by atoms with E-state index >= 15 is 0 Å². The average molecular weight is 480 g/mol. The number of benzene rings is 3. The van der Waals surface area contributed by atoms with E-state index in [1.54, 1.807) is 59.5 Å². The van der Waals surface area contributed by atoms with Gasteiger partial charge in [-0.05, 0) is 41.3 Å². The Morgan fingerprint density at radius 3 is 2.32 bits per heavy atom. The van der Waals surface area contributed by atoms with Gasteiger partial charge in [0, 0.05) is 29.9 Å². The van der Waals surface area contributed by atoms with E-state index in [4.69, 9.17) is 16.3 Å². The number of amides is 2. The molecular weight excluding hydrogens is 450 g/mol. The lowest BCUT2D eigenvalue weighted by molar-refractivity contribution is 0.201. The molecule has 3 aromatic carbocycles. The molecule has 9 heteroatoms. The first-order valence-electron chi connectivity index (χ1n) is 10.8. The topological polar surface area (TPSA) is 142 Å². The first kappa shape index (κ1) is 24.9. The maximum atomic E-state index is 13.1. The number of nitrogens with zero attached hydrogens (tertiary/aromatic N) is 1. The van der Waals surface area contributed by atoms with Crippen molar-refractivity contribution in [1.82, 2.24) is 4.90 Å². The average Bonchev–Trinajstić information content (AvgIpc) is 2.78. The minimum atomic E-state index is -3.87. The van der Waals surface area contributed by atoms with Gasteiger partial charge in [0.15, 0.2) is 0 Å². The predicted octanol–water partition coefficient (Wildman–Crippen LogP) is 3.98. The Morgan fingerprint density at radius 2 is 1.71 bits per heavy atom. The number of primary sulfonamides is 1. The Labute approximate surface area is 200 Å². The smallest absolute Gasteiger partial charge is 0.322 e. The van der Waals surface area contributed by atoms with Crippen molar-refractivity contribution in [3.8, 4) is 11.1 Å². The highest BCUT2D eigenvalue weighted by Crippen LogP contribution is 2.27. The van der Waals surface area contributed by atoms with Crippen LogP contribution in [-0.2, 0) is 16.6 Å². The van der Waals surface area contributed by atoms with Gasteiger partial charge >= 0.3 is 6.03 Å². The molecule has 178 valence electrons. The molecule has 0 bridgehead atoms. The van der Waals surface area contributed by atoms with Crippen molar-refractivity contribution >= 4 is 27.6 Å². The lowest BCUT2D eigenvalue weighted by Gasteiger charge is -2.25. The maximum Gasteiger partial charge on any atom is 0.322 e. The number of hydrogen-bond acceptors (Lipinski definition) is 4. The lowest BCUT2D eigenvalue weighted by atomic mass is 10.1. The molecule has 0 aliphatic heterocycles. The van der Waals surface area contributed by atoms with Crippen LogP contribution in [0.15, 0.2) is 77.7 Å². The van der Waals surface area contributed by atoms with Gasteiger partial charge in [-0.3, -0.25) is 5.41 Å². The molecule has 0 unspecified atom stereocenters. The van der Waals surface area contributed by atoms with Crippen LogP contribution in [0.2, 0.25) is 0 Å². The van der Waals surface area contributed by atoms with Gasteiger partial charge in [0.05, 0.1) is 4.90 Å². The Morgan fingerprint density at radius 1 is 1.03 bits per heavy atom. The monoisotopic (exact) mass is 479 g/mol. The van der Waals surface area contributed by atoms with Gasteiger partial charge < -0.3 is 16.0 Å². The fourth-order valence-electron chi connectivity index (χ4n) is 3.61. The van der Waals surface area contributed by atoms with Crippen molar-refractivity contribution in [2.24, 2.45) is 16.8 Å². The number of carbonyl (C=O) groups excluding carboxylic acids is 1. The largest absolute Gasteiger partial charge is 0.384 e. The van der Waals surface area contributed by atoms with E-state index in [9.17, 15) is 13.2 Å². The molecule has 3 aromatic rings. The summed E-state index contributed by atoms with van der Waals surface area (Å²) in [5.74, 6) is 0.227. The number of rotatable bonds is 8. The minimum absolute atomic E-state index is 0.0224. The molecule has 0 saturated carbocycles. The van der Waals surface area contributed by atoms with E-state index in [1.807, 2.05) is 26.0 Å². The molecule has 0 heterocycles. The van der Waals surface area contributed by atoms with E-state index in [-0.39, 0.29) is 22.7 Å². The second kappa shape index (κ2) is 10.5. The molecule has 0 aromatic heterocycles. The summed E-state index contributed by atoms with van der Waals surface area (Å²) >= 11 is 0. The van der Waals surface area contributed by atoms with Gasteiger partial charge in [0.1, 0.15) is 5.84 Å². The number of anilines is 1. The number of nitrogens with one attached hydrogen (secondary N) is 2. The van der Waals surface area contributed by atoms with Crippen LogP contribution in [0.4, 0.5) is 10.5 Å². The molecule has 8 nitrogen and oxygen atoms in total. The van der Waals surface area contributed by atoms with Crippen molar-refractivity contribution in [2.45, 2.75) is 25.3 Å². The summed E-state index contributed by atoms with van der Waals surface area (Å²) in [5.41, 5.74) is 8.82. The fraction of sp³-hybridized carbons (Fsp3) is 0.200. The molecule has 34 heavy (non-hydrogen) atoms. The Bertz CT molecular complexity index is 1290. The third kappa shape index (κ3) is 6.43. The summed E-state index contributed by atoms with van der Waals surface area (Å²) in [5, 5.41) is 15.9. The molecule has 6 N–H and O–H groups in total. The standard InChI is InChI=1S/C25H29N5O3S/c1-17(2)15-30(16-18-6-5-7-20(14-18)24(26)27)25(31)29-21-12-10-19(11-13-21)22-8-3-4-9-23(22)34(28,32)33/h3-14,17H,15-16H2,1-2H3,(H3,26,27)(H,29,31)(H2,28,32,33). The van der Waals surface area contributed by atoms with Crippen molar-refractivity contribution < 1.29 is 13.2 Å². The molecule has 0 radical (unpaired) electrons. The number of nitrogens with two attached hydrogens (primary N) is 2. The SMILES string of the molecule is CC(C)CN(Cc1cccc(C(=N)N)c1)C(=O)Nc1ccc(-c2ccccc2S(N)(=O)=O)cc1. The first-order chi connectivity index (χ1) is 16.0. The molecule has 2 amide bonds. The highest BCUT2D eigenvalue weighted by atomic mass is 32.2. The maximum absolute atomic E-state index is 13.1. The molecule has 0 saturated heterocycles. The fourth-order valence-corrected chi connectivity index (χ4v) is 4.37. The molecule has 0 atom stereocenters. The van der Waals surface area contributed by atoms with Gasteiger partial charge in [-0.1, -0.05) is 62.4 Å². The summed E-state index contributed by atoms with van der Waals surface area (Å²) in [7, 11) is -3.87. The van der Waals surface area contributed by atoms with E-state index in [0.717, 1.165) is 5.56 Å². The summed E-state index contributed by atoms with van der Waals surface area (Å²) in [6.45, 7) is 4.97. The summed E-state index contributed by atoms with van der Waals surface area (Å²) in [4.78, 5) is 14.8. The summed E-state index contributed by atoms with van der Waals surface area (Å²) < 4.78 is 23.8. The normalized spacial score (nSPS) is 11.3. The Hall–Kier alpha value is -3.69. The number of amidine groups is 1.